The molecule has 4 aliphatic carbocycles. The van der Waals surface area contributed by atoms with Gasteiger partial charge in [-0.05, 0) is 105 Å². The SMILES string of the molecule is CSP(=O)(O)O[C@H]1CC[C@@]2(C)C(=CC[C@H]3[C@@H]4CC[C@H](C(C)=O)[C@@]4(C)CC[C@@H]32)C1. The highest BCUT2D eigenvalue weighted by atomic mass is 32.7. The highest BCUT2D eigenvalue weighted by molar-refractivity contribution is 8.54. The van der Waals surface area contributed by atoms with E-state index in [9.17, 15) is 14.3 Å². The molecular weight excluding hydrogens is 391 g/mol. The monoisotopic (exact) mass is 426 g/mol. The molecule has 0 aromatic heterocycles. The normalized spacial score (nSPS) is 47.3. The molecular formula is C22H35O4PS. The van der Waals surface area contributed by atoms with Gasteiger partial charge in [0.1, 0.15) is 5.78 Å². The summed E-state index contributed by atoms with van der Waals surface area (Å²) in [6, 6.07) is 0. The van der Waals surface area contributed by atoms with Crippen molar-refractivity contribution in [3.63, 3.8) is 0 Å². The molecule has 158 valence electrons. The zero-order valence-electron chi connectivity index (χ0n) is 17.6. The fraction of sp³-hybridized carbons (Fsp3) is 0.864. The first-order chi connectivity index (χ1) is 13.1. The number of ketones is 1. The minimum Gasteiger partial charge on any atom is -0.316 e. The summed E-state index contributed by atoms with van der Waals surface area (Å²) in [5, 5.41) is 0. The Morgan fingerprint density at radius 1 is 1.21 bits per heavy atom. The molecule has 0 bridgehead atoms. The molecule has 0 radical (unpaired) electrons. The number of Topliss-reactive ketones (excluding diaryl/α,β-unsaturated/α-hetero) is 1. The van der Waals surface area contributed by atoms with E-state index in [1.807, 2.05) is 0 Å². The number of carbonyl (C=O) groups excluding carboxylic acids is 1. The van der Waals surface area contributed by atoms with E-state index in [0.29, 0.717) is 23.5 Å². The van der Waals surface area contributed by atoms with Crippen LogP contribution in [0.1, 0.15) is 72.1 Å². The molecule has 0 saturated heterocycles. The number of fused-ring (bicyclic) bond motifs is 5. The predicted molar refractivity (Wildman–Crippen MR) is 114 cm³/mol. The van der Waals surface area contributed by atoms with Crippen molar-refractivity contribution in [2.24, 2.45) is 34.5 Å². The van der Waals surface area contributed by atoms with Crippen LogP contribution in [0.3, 0.4) is 0 Å². The van der Waals surface area contributed by atoms with Crippen LogP contribution in [0.5, 0.6) is 0 Å². The number of allylic oxidation sites excluding steroid dienone is 1. The van der Waals surface area contributed by atoms with Gasteiger partial charge in [0.15, 0.2) is 0 Å². The van der Waals surface area contributed by atoms with Crippen molar-refractivity contribution >= 4 is 24.0 Å². The van der Waals surface area contributed by atoms with Crippen LogP contribution in [0.2, 0.25) is 0 Å². The van der Waals surface area contributed by atoms with Crippen LogP contribution in [0, 0.1) is 34.5 Å². The van der Waals surface area contributed by atoms with Gasteiger partial charge in [-0.3, -0.25) is 9.32 Å². The average Bonchev–Trinajstić information content (AvgIpc) is 2.99. The molecule has 6 heteroatoms. The summed E-state index contributed by atoms with van der Waals surface area (Å²) in [6.45, 7) is 3.09. The van der Waals surface area contributed by atoms with Crippen LogP contribution in [0.15, 0.2) is 11.6 Å². The van der Waals surface area contributed by atoms with Crippen molar-refractivity contribution in [3.8, 4) is 0 Å². The summed E-state index contributed by atoms with van der Waals surface area (Å²) < 4.78 is 17.6. The quantitative estimate of drug-likeness (QED) is 0.441. The molecule has 1 N–H and O–H groups in total. The largest absolute Gasteiger partial charge is 0.386 e. The summed E-state index contributed by atoms with van der Waals surface area (Å²) in [5.41, 5.74) is 1.84. The Labute approximate surface area is 173 Å². The second kappa shape index (κ2) is 7.25. The summed E-state index contributed by atoms with van der Waals surface area (Å²) in [5.74, 6) is 2.67. The highest BCUT2D eigenvalue weighted by Gasteiger charge is 2.59. The Morgan fingerprint density at radius 2 is 1.96 bits per heavy atom. The van der Waals surface area contributed by atoms with Gasteiger partial charge in [0.05, 0.1) is 6.10 Å². The van der Waals surface area contributed by atoms with Gasteiger partial charge in [-0.2, -0.15) is 0 Å². The van der Waals surface area contributed by atoms with Gasteiger partial charge in [-0.15, -0.1) is 0 Å². The maximum atomic E-state index is 12.3. The van der Waals surface area contributed by atoms with Crippen molar-refractivity contribution < 1.29 is 18.8 Å². The molecule has 0 spiro atoms. The minimum atomic E-state index is -3.52. The molecule has 4 aliphatic rings. The van der Waals surface area contributed by atoms with Gasteiger partial charge in [-0.1, -0.05) is 25.5 Å². The molecule has 8 atom stereocenters. The molecule has 4 nitrogen and oxygen atoms in total. The van der Waals surface area contributed by atoms with Crippen LogP contribution < -0.4 is 0 Å². The van der Waals surface area contributed by atoms with Crippen molar-refractivity contribution in [2.75, 3.05) is 6.26 Å². The van der Waals surface area contributed by atoms with E-state index in [-0.39, 0.29) is 22.9 Å². The second-order valence-electron chi connectivity index (χ2n) is 10.2. The maximum Gasteiger partial charge on any atom is 0.386 e. The first-order valence-corrected chi connectivity index (χ1v) is 14.3. The van der Waals surface area contributed by atoms with Crippen molar-refractivity contribution in [3.05, 3.63) is 11.6 Å². The van der Waals surface area contributed by atoms with E-state index in [4.69, 9.17) is 4.52 Å². The first-order valence-electron chi connectivity index (χ1n) is 10.9. The number of hydrogen-bond donors (Lipinski definition) is 1. The lowest BCUT2D eigenvalue weighted by Crippen LogP contribution is -2.51. The fourth-order valence-electron chi connectivity index (χ4n) is 7.62. The van der Waals surface area contributed by atoms with E-state index >= 15 is 0 Å². The van der Waals surface area contributed by atoms with Crippen LogP contribution in [-0.4, -0.2) is 23.0 Å². The van der Waals surface area contributed by atoms with E-state index in [1.165, 1.54) is 24.8 Å². The molecule has 4 rings (SSSR count). The van der Waals surface area contributed by atoms with Gasteiger partial charge in [0.25, 0.3) is 0 Å². The van der Waals surface area contributed by atoms with E-state index in [0.717, 1.165) is 43.5 Å². The van der Waals surface area contributed by atoms with Gasteiger partial charge in [0.2, 0.25) is 0 Å². The zero-order chi connectivity index (χ0) is 20.3. The number of rotatable bonds is 4. The van der Waals surface area contributed by atoms with Crippen LogP contribution in [0.25, 0.3) is 0 Å². The van der Waals surface area contributed by atoms with E-state index in [2.05, 4.69) is 19.9 Å². The molecule has 3 fully saturated rings. The first kappa shape index (κ1) is 21.2. The second-order valence-corrected chi connectivity index (χ2v) is 14.2. The summed E-state index contributed by atoms with van der Waals surface area (Å²) in [4.78, 5) is 22.1. The molecule has 0 aromatic carbocycles. The molecule has 1 unspecified atom stereocenters. The van der Waals surface area contributed by atoms with Gasteiger partial charge in [0, 0.05) is 5.92 Å². The number of hydrogen-bond acceptors (Lipinski definition) is 4. The van der Waals surface area contributed by atoms with Crippen LogP contribution >= 0.6 is 18.2 Å². The Balaban J connectivity index is 1.55. The Bertz CT molecular complexity index is 736. The standard InChI is InChI=1S/C22H35O4PS/c1-14(23)18-7-8-19-17-6-5-15-13-16(26-27(24,25)28-4)9-11-21(15,2)20(17)10-12-22(18,19)3/h5,16-20H,6-13H2,1-4H3,(H,24,25)/t16-,17-,18+,19-,20-,21-,22+/m0/s1. The van der Waals surface area contributed by atoms with Crippen LogP contribution in [-0.2, 0) is 13.9 Å². The molecule has 0 heterocycles. The average molecular weight is 427 g/mol. The summed E-state index contributed by atoms with van der Waals surface area (Å²) >= 11 is 0.922. The van der Waals surface area contributed by atoms with Crippen LogP contribution in [0.4, 0.5) is 0 Å². The van der Waals surface area contributed by atoms with Gasteiger partial charge >= 0.3 is 6.80 Å². The Morgan fingerprint density at radius 3 is 2.64 bits per heavy atom. The molecule has 0 amide bonds. The van der Waals surface area contributed by atoms with Crippen molar-refractivity contribution in [2.45, 2.75) is 78.2 Å². The highest BCUT2D eigenvalue weighted by Crippen LogP contribution is 2.67. The number of carbonyl (C=O) groups is 1. The lowest BCUT2D eigenvalue weighted by atomic mass is 9.47. The molecule has 0 aromatic rings. The third-order valence-electron chi connectivity index (χ3n) is 9.06. The molecule has 0 aliphatic heterocycles. The predicted octanol–water partition coefficient (Wildman–Crippen LogP) is 6.00. The van der Waals surface area contributed by atoms with Gasteiger partial charge < -0.3 is 4.89 Å². The van der Waals surface area contributed by atoms with Gasteiger partial charge in [-0.25, -0.2) is 4.57 Å². The molecule has 28 heavy (non-hydrogen) atoms. The topological polar surface area (TPSA) is 63.6 Å². The third kappa shape index (κ3) is 3.29. The lowest BCUT2D eigenvalue weighted by Gasteiger charge is -2.58. The summed E-state index contributed by atoms with van der Waals surface area (Å²) in [7, 11) is 0. The fourth-order valence-corrected chi connectivity index (χ4v) is 8.88. The van der Waals surface area contributed by atoms with E-state index in [1.54, 1.807) is 13.2 Å². The van der Waals surface area contributed by atoms with Crippen molar-refractivity contribution in [1.82, 2.24) is 0 Å². The third-order valence-corrected chi connectivity index (χ3v) is 11.7. The minimum absolute atomic E-state index is 0.137. The van der Waals surface area contributed by atoms with E-state index < -0.39 is 6.80 Å². The molecule has 3 saturated carbocycles. The smallest absolute Gasteiger partial charge is 0.316 e. The Hall–Kier alpha value is -0.0900. The zero-order valence-corrected chi connectivity index (χ0v) is 19.4. The summed E-state index contributed by atoms with van der Waals surface area (Å²) in [6.07, 6.45) is 12.4. The Kier molecular flexibility index (Phi) is 5.48. The maximum absolute atomic E-state index is 12.3. The lowest BCUT2D eigenvalue weighted by molar-refractivity contribution is -0.127. The van der Waals surface area contributed by atoms with Crippen molar-refractivity contribution in [1.29, 1.82) is 0 Å².